The van der Waals surface area contributed by atoms with E-state index in [0.29, 0.717) is 30.0 Å². The van der Waals surface area contributed by atoms with Gasteiger partial charge in [0.2, 0.25) is 5.91 Å². The molecular formula is C37H47F2N3O4. The number of carboxylic acids is 1. The van der Waals surface area contributed by atoms with Crippen molar-refractivity contribution in [2.75, 3.05) is 20.6 Å². The molecule has 1 aliphatic carbocycles. The average Bonchev–Trinajstić information content (AvgIpc) is 3.81. The Labute approximate surface area is 270 Å². The summed E-state index contributed by atoms with van der Waals surface area (Å²) in [5.74, 6) is -2.92. The van der Waals surface area contributed by atoms with Gasteiger partial charge in [-0.2, -0.15) is 0 Å². The van der Waals surface area contributed by atoms with Crippen molar-refractivity contribution >= 4 is 11.9 Å². The molecule has 2 atom stereocenters. The van der Waals surface area contributed by atoms with E-state index in [1.165, 1.54) is 24.6 Å². The zero-order valence-electron chi connectivity index (χ0n) is 28.3. The molecule has 1 unspecified atom stereocenters. The summed E-state index contributed by atoms with van der Waals surface area (Å²) in [5.41, 5.74) is 5.33. The highest BCUT2D eigenvalue weighted by Crippen LogP contribution is 2.43. The van der Waals surface area contributed by atoms with Gasteiger partial charge in [0, 0.05) is 18.3 Å². The van der Waals surface area contributed by atoms with Crippen LogP contribution in [0, 0.1) is 45.2 Å². The van der Waals surface area contributed by atoms with Crippen LogP contribution < -0.4 is 10.9 Å². The van der Waals surface area contributed by atoms with E-state index in [0.717, 1.165) is 26.8 Å². The lowest BCUT2D eigenvalue weighted by atomic mass is 9.88. The van der Waals surface area contributed by atoms with Crippen molar-refractivity contribution in [1.29, 1.82) is 0 Å². The molecule has 1 amide bonds. The van der Waals surface area contributed by atoms with E-state index in [-0.39, 0.29) is 23.5 Å². The number of halogens is 2. The molecule has 46 heavy (non-hydrogen) atoms. The molecular weight excluding hydrogens is 588 g/mol. The van der Waals surface area contributed by atoms with Gasteiger partial charge in [-0.25, -0.2) is 8.78 Å². The van der Waals surface area contributed by atoms with Gasteiger partial charge in [0.15, 0.2) is 5.82 Å². The van der Waals surface area contributed by atoms with Crippen LogP contribution in [0.2, 0.25) is 0 Å². The Bertz CT molecular complexity index is 1670. The van der Waals surface area contributed by atoms with Crippen LogP contribution in [0.25, 0.3) is 11.1 Å². The zero-order valence-corrected chi connectivity index (χ0v) is 28.3. The molecule has 2 aromatic carbocycles. The van der Waals surface area contributed by atoms with Crippen LogP contribution in [0.15, 0.2) is 35.3 Å². The van der Waals surface area contributed by atoms with Crippen molar-refractivity contribution in [3.05, 3.63) is 91.4 Å². The van der Waals surface area contributed by atoms with Crippen LogP contribution in [-0.2, 0) is 16.0 Å². The van der Waals surface area contributed by atoms with Gasteiger partial charge in [-0.05, 0) is 136 Å². The number of rotatable bonds is 13. The third-order valence-electron chi connectivity index (χ3n) is 8.94. The summed E-state index contributed by atoms with van der Waals surface area (Å²) < 4.78 is 32.3. The summed E-state index contributed by atoms with van der Waals surface area (Å²) in [6, 6.07) is 5.33. The topological polar surface area (TPSA) is 91.6 Å². The molecule has 0 bridgehead atoms. The molecule has 2 N–H and O–H groups in total. The predicted octanol–water partition coefficient (Wildman–Crippen LogP) is 6.93. The molecule has 3 aromatic rings. The van der Waals surface area contributed by atoms with Crippen LogP contribution in [0.3, 0.4) is 0 Å². The van der Waals surface area contributed by atoms with Gasteiger partial charge in [0.25, 0.3) is 5.56 Å². The lowest BCUT2D eigenvalue weighted by molar-refractivity contribution is -0.138. The van der Waals surface area contributed by atoms with Crippen molar-refractivity contribution in [2.24, 2.45) is 5.92 Å². The fourth-order valence-electron chi connectivity index (χ4n) is 6.34. The SMILES string of the molecule is Cc1cc(-c2c(C)cc(C3CC3)cc2C)cc([C@H](CC(=O)O)NC(=O)C(CC(C)C)n2cc(CCN(C)C)c(C)c(F)c2=O)c1F. The number of nitrogens with one attached hydrogen (secondary N) is 1. The summed E-state index contributed by atoms with van der Waals surface area (Å²) in [7, 11) is 3.78. The van der Waals surface area contributed by atoms with Crippen molar-refractivity contribution in [3.63, 3.8) is 0 Å². The Kier molecular flexibility index (Phi) is 10.9. The molecule has 0 saturated heterocycles. The Morgan fingerprint density at radius 2 is 1.63 bits per heavy atom. The van der Waals surface area contributed by atoms with Crippen LogP contribution in [0.1, 0.15) is 96.5 Å². The Morgan fingerprint density at radius 1 is 1.00 bits per heavy atom. The second-order valence-corrected chi connectivity index (χ2v) is 13.7. The first-order chi connectivity index (χ1) is 21.6. The molecule has 248 valence electrons. The number of carboxylic acid groups (broad SMARTS) is 1. The van der Waals surface area contributed by atoms with Crippen LogP contribution in [0.4, 0.5) is 8.78 Å². The maximum Gasteiger partial charge on any atom is 0.305 e. The van der Waals surface area contributed by atoms with Gasteiger partial charge in [-0.15, -0.1) is 0 Å². The minimum atomic E-state index is -1.23. The first-order valence-electron chi connectivity index (χ1n) is 16.1. The molecule has 1 heterocycles. The van der Waals surface area contributed by atoms with Crippen LogP contribution in [-0.4, -0.2) is 47.1 Å². The number of likely N-dealkylation sites (N-methyl/N-ethyl adjacent to an activating group) is 1. The van der Waals surface area contributed by atoms with E-state index >= 15 is 8.78 Å². The Morgan fingerprint density at radius 3 is 2.17 bits per heavy atom. The molecule has 9 heteroatoms. The Hall–Kier alpha value is -3.85. The summed E-state index contributed by atoms with van der Waals surface area (Å²) in [5, 5.41) is 12.6. The minimum Gasteiger partial charge on any atom is -0.481 e. The summed E-state index contributed by atoms with van der Waals surface area (Å²) in [6.07, 6.45) is 3.95. The van der Waals surface area contributed by atoms with E-state index in [9.17, 15) is 19.5 Å². The summed E-state index contributed by atoms with van der Waals surface area (Å²) >= 11 is 0. The first kappa shape index (κ1) is 35.0. The van der Waals surface area contributed by atoms with Crippen molar-refractivity contribution in [3.8, 4) is 11.1 Å². The van der Waals surface area contributed by atoms with E-state index < -0.39 is 47.6 Å². The quantitative estimate of drug-likeness (QED) is 0.213. The number of pyridine rings is 1. The highest BCUT2D eigenvalue weighted by Gasteiger charge is 2.31. The van der Waals surface area contributed by atoms with E-state index in [1.807, 2.05) is 46.7 Å². The van der Waals surface area contributed by atoms with E-state index in [1.54, 1.807) is 26.0 Å². The molecule has 1 saturated carbocycles. The highest BCUT2D eigenvalue weighted by molar-refractivity contribution is 5.82. The fourth-order valence-corrected chi connectivity index (χ4v) is 6.34. The van der Waals surface area contributed by atoms with Crippen molar-refractivity contribution in [2.45, 2.75) is 91.6 Å². The van der Waals surface area contributed by atoms with Crippen molar-refractivity contribution in [1.82, 2.24) is 14.8 Å². The maximum atomic E-state index is 15.9. The second-order valence-electron chi connectivity index (χ2n) is 13.7. The third-order valence-corrected chi connectivity index (χ3v) is 8.94. The largest absolute Gasteiger partial charge is 0.481 e. The highest BCUT2D eigenvalue weighted by atomic mass is 19.1. The number of aliphatic carboxylic acids is 1. The van der Waals surface area contributed by atoms with Crippen molar-refractivity contribution < 1.29 is 23.5 Å². The monoisotopic (exact) mass is 635 g/mol. The number of hydrogen-bond acceptors (Lipinski definition) is 4. The maximum absolute atomic E-state index is 15.9. The lowest BCUT2D eigenvalue weighted by Crippen LogP contribution is -2.41. The van der Waals surface area contributed by atoms with Crippen LogP contribution in [0.5, 0.6) is 0 Å². The second kappa shape index (κ2) is 14.3. The number of benzene rings is 2. The molecule has 1 aliphatic rings. The third kappa shape index (κ3) is 7.92. The Balaban J connectivity index is 1.77. The van der Waals surface area contributed by atoms with Gasteiger partial charge in [0.1, 0.15) is 11.9 Å². The van der Waals surface area contributed by atoms with Crippen LogP contribution >= 0.6 is 0 Å². The van der Waals surface area contributed by atoms with Gasteiger partial charge >= 0.3 is 5.97 Å². The van der Waals surface area contributed by atoms with E-state index in [4.69, 9.17) is 0 Å². The number of carbonyl (C=O) groups excluding carboxylic acids is 1. The standard InChI is InChI=1S/C37H47F2N3O4/c1-20(2)13-31(42-19-26(11-12-41(7)8)24(6)35(39)37(42)46)36(45)40-30(18-32(43)44)29-17-28(16-23(5)34(29)38)33-21(3)14-27(15-22(33)4)25-9-10-25/h14-17,19-20,25,30-31H,9-13,18H2,1-8H3,(H,40,45)(H,43,44)/t30-,31?/m0/s1. The molecule has 0 aliphatic heterocycles. The van der Waals surface area contributed by atoms with Gasteiger partial charge in [-0.3, -0.25) is 14.4 Å². The van der Waals surface area contributed by atoms with E-state index in [2.05, 4.69) is 17.4 Å². The normalized spacial score (nSPS) is 14.5. The average molecular weight is 636 g/mol. The smallest absolute Gasteiger partial charge is 0.305 e. The summed E-state index contributed by atoms with van der Waals surface area (Å²) in [6.45, 7) is 11.6. The molecule has 0 radical (unpaired) electrons. The number of amides is 1. The summed E-state index contributed by atoms with van der Waals surface area (Å²) in [4.78, 5) is 41.3. The number of hydrogen-bond donors (Lipinski definition) is 2. The number of carbonyl (C=O) groups is 2. The van der Waals surface area contributed by atoms with Gasteiger partial charge in [-0.1, -0.05) is 26.0 Å². The van der Waals surface area contributed by atoms with Gasteiger partial charge < -0.3 is 19.9 Å². The molecule has 1 fully saturated rings. The first-order valence-corrected chi connectivity index (χ1v) is 16.1. The number of aryl methyl sites for hydroxylation is 3. The minimum absolute atomic E-state index is 0.0493. The fraction of sp³-hybridized carbons (Fsp3) is 0.486. The molecule has 4 rings (SSSR count). The van der Waals surface area contributed by atoms with Gasteiger partial charge in [0.05, 0.1) is 12.5 Å². The lowest BCUT2D eigenvalue weighted by Gasteiger charge is -2.27. The molecule has 7 nitrogen and oxygen atoms in total. The number of nitrogens with zero attached hydrogens (tertiary/aromatic N) is 2. The molecule has 0 spiro atoms. The predicted molar refractivity (Wildman–Crippen MR) is 177 cm³/mol. The molecule has 1 aromatic heterocycles. The zero-order chi connectivity index (χ0) is 34.0. The number of aromatic nitrogens is 1.